The van der Waals surface area contributed by atoms with E-state index in [0.29, 0.717) is 18.9 Å². The van der Waals surface area contributed by atoms with E-state index in [1.807, 2.05) is 31.2 Å². The van der Waals surface area contributed by atoms with E-state index in [9.17, 15) is 9.59 Å². The van der Waals surface area contributed by atoms with Crippen molar-refractivity contribution < 1.29 is 9.53 Å². The smallest absolute Gasteiger partial charge is 0.286 e. The zero-order chi connectivity index (χ0) is 19.0. The minimum Gasteiger partial charge on any atom is -0.490 e. The molecule has 4 rings (SSSR count). The average Bonchev–Trinajstić information content (AvgIpc) is 3.05. The first-order valence-electron chi connectivity index (χ1n) is 8.98. The molecule has 0 aliphatic carbocycles. The fraction of sp³-hybridized carbons (Fsp3) is 0.368. The number of carbonyl (C=O) groups excluding carboxylic acids is 1. The molecule has 1 amide bonds. The maximum Gasteiger partial charge on any atom is 0.286 e. The summed E-state index contributed by atoms with van der Waals surface area (Å²) in [6.45, 7) is 4.85. The monoisotopic (exact) mass is 367 g/mol. The van der Waals surface area contributed by atoms with Crippen LogP contribution in [-0.2, 0) is 0 Å². The molecule has 1 saturated heterocycles. The van der Waals surface area contributed by atoms with E-state index in [4.69, 9.17) is 4.74 Å². The summed E-state index contributed by atoms with van der Waals surface area (Å²) in [5, 5.41) is 2.80. The van der Waals surface area contributed by atoms with Crippen LogP contribution in [0.4, 0.5) is 0 Å². The van der Waals surface area contributed by atoms with Gasteiger partial charge in [0.25, 0.3) is 17.2 Å². The molecule has 8 nitrogen and oxygen atoms in total. The number of aryl methyl sites for hydroxylation is 2. The average molecular weight is 367 g/mol. The van der Waals surface area contributed by atoms with Crippen LogP contribution in [0.15, 0.2) is 35.3 Å². The van der Waals surface area contributed by atoms with E-state index < -0.39 is 5.56 Å². The number of hydrogen-bond acceptors (Lipinski definition) is 5. The second-order valence-corrected chi connectivity index (χ2v) is 6.84. The van der Waals surface area contributed by atoms with Gasteiger partial charge in [0.05, 0.1) is 0 Å². The second kappa shape index (κ2) is 6.86. The number of carbonyl (C=O) groups is 1. The predicted molar refractivity (Wildman–Crippen MR) is 99.1 cm³/mol. The van der Waals surface area contributed by atoms with Crippen LogP contribution in [-0.4, -0.2) is 49.6 Å². The molecule has 0 spiro atoms. The third kappa shape index (κ3) is 3.42. The molecule has 8 heteroatoms. The number of rotatable bonds is 3. The second-order valence-electron chi connectivity index (χ2n) is 6.84. The number of nitrogens with zero attached hydrogens (tertiary/aromatic N) is 4. The lowest BCUT2D eigenvalue weighted by Gasteiger charge is -2.32. The van der Waals surface area contributed by atoms with E-state index >= 15 is 0 Å². The Kier molecular flexibility index (Phi) is 4.39. The zero-order valence-electron chi connectivity index (χ0n) is 15.3. The number of aromatic amines is 1. The van der Waals surface area contributed by atoms with Crippen LogP contribution in [0.5, 0.6) is 5.75 Å². The lowest BCUT2D eigenvalue weighted by atomic mass is 10.1. The largest absolute Gasteiger partial charge is 0.490 e. The first-order chi connectivity index (χ1) is 13.0. The summed E-state index contributed by atoms with van der Waals surface area (Å²) in [7, 11) is 0. The van der Waals surface area contributed by atoms with Crippen molar-refractivity contribution >= 4 is 11.7 Å². The Bertz CT molecular complexity index is 1030. The number of amides is 1. The summed E-state index contributed by atoms with van der Waals surface area (Å²) in [5.41, 5.74) is 0.810. The molecule has 1 aromatic carbocycles. The predicted octanol–water partition coefficient (Wildman–Crippen LogP) is 1.72. The Balaban J connectivity index is 1.43. The highest BCUT2D eigenvalue weighted by Crippen LogP contribution is 2.20. The molecular formula is C19H21N5O3. The van der Waals surface area contributed by atoms with E-state index in [0.717, 1.165) is 18.6 Å². The summed E-state index contributed by atoms with van der Waals surface area (Å²) >= 11 is 0. The zero-order valence-corrected chi connectivity index (χ0v) is 15.3. The Hall–Kier alpha value is -3.16. The van der Waals surface area contributed by atoms with Gasteiger partial charge in [-0.15, -0.1) is 0 Å². The third-order valence-corrected chi connectivity index (χ3v) is 4.77. The maximum absolute atomic E-state index is 12.8. The maximum atomic E-state index is 12.8. The molecule has 27 heavy (non-hydrogen) atoms. The molecule has 140 valence electrons. The molecule has 0 unspecified atom stereocenters. The van der Waals surface area contributed by atoms with Crippen molar-refractivity contribution in [1.82, 2.24) is 24.5 Å². The normalized spacial score (nSPS) is 15.3. The summed E-state index contributed by atoms with van der Waals surface area (Å²) in [6, 6.07) is 7.95. The van der Waals surface area contributed by atoms with Crippen molar-refractivity contribution in [2.24, 2.45) is 0 Å². The molecule has 2 aromatic heterocycles. The molecule has 0 atom stereocenters. The van der Waals surface area contributed by atoms with Gasteiger partial charge in [0, 0.05) is 32.1 Å². The Morgan fingerprint density at radius 1 is 1.19 bits per heavy atom. The standard InChI is InChI=1S/C19H21N5O3/c1-12-3-5-14(6-4-12)27-15-7-9-23(10-8-15)17(25)16-11-20-19-21-13(2)22-24(19)18(16)26/h3-6,11,15H,7-10H2,1-2H3,(H,20,21,22). The van der Waals surface area contributed by atoms with Crippen molar-refractivity contribution in [2.45, 2.75) is 32.8 Å². The molecule has 0 saturated carbocycles. The first-order valence-corrected chi connectivity index (χ1v) is 8.98. The highest BCUT2D eigenvalue weighted by molar-refractivity contribution is 5.93. The Morgan fingerprint density at radius 3 is 2.59 bits per heavy atom. The van der Waals surface area contributed by atoms with Gasteiger partial charge in [0.15, 0.2) is 0 Å². The minimum atomic E-state index is -0.427. The van der Waals surface area contributed by atoms with E-state index in [1.165, 1.54) is 16.3 Å². The Morgan fingerprint density at radius 2 is 1.89 bits per heavy atom. The van der Waals surface area contributed by atoms with Crippen molar-refractivity contribution in [3.63, 3.8) is 0 Å². The fourth-order valence-corrected chi connectivity index (χ4v) is 3.27. The van der Waals surface area contributed by atoms with Gasteiger partial charge >= 0.3 is 0 Å². The number of hydrogen-bond donors (Lipinski definition) is 1. The number of fused-ring (bicyclic) bond motifs is 1. The van der Waals surface area contributed by atoms with Gasteiger partial charge in [-0.2, -0.15) is 9.50 Å². The van der Waals surface area contributed by atoms with Crippen LogP contribution >= 0.6 is 0 Å². The minimum absolute atomic E-state index is 0.0500. The molecule has 1 aliphatic heterocycles. The topological polar surface area (TPSA) is 92.6 Å². The summed E-state index contributed by atoms with van der Waals surface area (Å²) in [4.78, 5) is 35.2. The molecular weight excluding hydrogens is 346 g/mol. The van der Waals surface area contributed by atoms with E-state index in [1.54, 1.807) is 11.8 Å². The third-order valence-electron chi connectivity index (χ3n) is 4.77. The summed E-state index contributed by atoms with van der Waals surface area (Å²) in [5.74, 6) is 1.37. The van der Waals surface area contributed by atoms with Gasteiger partial charge in [-0.3, -0.25) is 14.7 Å². The van der Waals surface area contributed by atoms with Gasteiger partial charge < -0.3 is 9.64 Å². The van der Waals surface area contributed by atoms with Crippen LogP contribution in [0.3, 0.4) is 0 Å². The number of H-pyrrole nitrogens is 1. The van der Waals surface area contributed by atoms with Crippen LogP contribution in [0.2, 0.25) is 0 Å². The van der Waals surface area contributed by atoms with Crippen molar-refractivity contribution in [1.29, 1.82) is 0 Å². The van der Waals surface area contributed by atoms with Gasteiger partial charge in [-0.05, 0) is 26.0 Å². The van der Waals surface area contributed by atoms with Crippen LogP contribution in [0.1, 0.15) is 34.6 Å². The molecule has 1 aliphatic rings. The SMILES string of the molecule is Cc1ccc(OC2CCN(C(=O)c3cnc4nc(C)[nH]n4c3=O)CC2)cc1. The number of aromatic nitrogens is 4. The summed E-state index contributed by atoms with van der Waals surface area (Å²) in [6.07, 6.45) is 2.82. The number of piperidine rings is 1. The number of nitrogens with one attached hydrogen (secondary N) is 1. The molecule has 1 N–H and O–H groups in total. The van der Waals surface area contributed by atoms with Gasteiger partial charge in [-0.25, -0.2) is 4.98 Å². The number of ether oxygens (including phenoxy) is 1. The molecule has 1 fully saturated rings. The first kappa shape index (κ1) is 17.3. The molecule has 0 radical (unpaired) electrons. The number of likely N-dealkylation sites (tertiary alicyclic amines) is 1. The van der Waals surface area contributed by atoms with E-state index in [2.05, 4.69) is 15.1 Å². The van der Waals surface area contributed by atoms with Gasteiger partial charge in [0.2, 0.25) is 0 Å². The highest BCUT2D eigenvalue weighted by Gasteiger charge is 2.27. The Labute approximate surface area is 155 Å². The number of benzene rings is 1. The fourth-order valence-electron chi connectivity index (χ4n) is 3.27. The lowest BCUT2D eigenvalue weighted by molar-refractivity contribution is 0.0593. The van der Waals surface area contributed by atoms with Crippen LogP contribution in [0.25, 0.3) is 5.78 Å². The molecule has 3 aromatic rings. The van der Waals surface area contributed by atoms with Crippen LogP contribution < -0.4 is 10.3 Å². The van der Waals surface area contributed by atoms with Crippen LogP contribution in [0, 0.1) is 13.8 Å². The van der Waals surface area contributed by atoms with Crippen molar-refractivity contribution in [2.75, 3.05) is 13.1 Å². The lowest BCUT2D eigenvalue weighted by Crippen LogP contribution is -2.43. The van der Waals surface area contributed by atoms with Gasteiger partial charge in [0.1, 0.15) is 23.2 Å². The summed E-state index contributed by atoms with van der Waals surface area (Å²) < 4.78 is 7.20. The van der Waals surface area contributed by atoms with E-state index in [-0.39, 0.29) is 23.4 Å². The van der Waals surface area contributed by atoms with Crippen molar-refractivity contribution in [3.8, 4) is 5.75 Å². The van der Waals surface area contributed by atoms with Gasteiger partial charge in [-0.1, -0.05) is 17.7 Å². The highest BCUT2D eigenvalue weighted by atomic mass is 16.5. The van der Waals surface area contributed by atoms with Crippen molar-refractivity contribution in [3.05, 3.63) is 57.8 Å². The quantitative estimate of drug-likeness (QED) is 0.761. The molecule has 3 heterocycles. The molecule has 0 bridgehead atoms.